The third-order valence-electron chi connectivity index (χ3n) is 2.44. The van der Waals surface area contributed by atoms with Gasteiger partial charge in [-0.05, 0) is 12.3 Å². The maximum Gasteiger partial charge on any atom is 0.326 e. The Labute approximate surface area is 96.4 Å². The van der Waals surface area contributed by atoms with Gasteiger partial charge in [0.25, 0.3) is 0 Å². The first kappa shape index (κ1) is 14.9. The highest BCUT2D eigenvalue weighted by atomic mass is 16.4. The monoisotopic (exact) mass is 230 g/mol. The van der Waals surface area contributed by atoms with E-state index < -0.39 is 18.1 Å². The molecule has 0 aliphatic rings. The zero-order valence-corrected chi connectivity index (χ0v) is 10.2. The Morgan fingerprint density at radius 1 is 1.38 bits per heavy atom. The highest BCUT2D eigenvalue weighted by molar-refractivity contribution is 5.86. The normalized spacial score (nSPS) is 14.6. The molecule has 2 atom stereocenters. The molecule has 0 radical (unpaired) electrons. The Kier molecular flexibility index (Phi) is 6.72. The number of carboxylic acids is 1. The van der Waals surface area contributed by atoms with Crippen LogP contribution in [0.5, 0.6) is 0 Å². The van der Waals surface area contributed by atoms with Crippen molar-refractivity contribution in [3.05, 3.63) is 0 Å². The van der Waals surface area contributed by atoms with Gasteiger partial charge in [-0.25, -0.2) is 4.79 Å². The summed E-state index contributed by atoms with van der Waals surface area (Å²) in [6, 6.07) is -1.47. The van der Waals surface area contributed by atoms with Gasteiger partial charge in [-0.15, -0.1) is 0 Å². The fraction of sp³-hybridized carbons (Fsp3) is 0.818. The van der Waals surface area contributed by atoms with Crippen molar-refractivity contribution in [2.45, 2.75) is 52.1 Å². The van der Waals surface area contributed by atoms with Gasteiger partial charge in [0.2, 0.25) is 5.91 Å². The second-order valence-corrected chi connectivity index (χ2v) is 4.32. The number of nitrogens with one attached hydrogen (secondary N) is 1. The van der Waals surface area contributed by atoms with Crippen molar-refractivity contribution in [1.82, 2.24) is 5.32 Å². The summed E-state index contributed by atoms with van der Waals surface area (Å²) in [6.45, 7) is 5.51. The molecule has 5 heteroatoms. The largest absolute Gasteiger partial charge is 0.480 e. The first-order chi connectivity index (χ1) is 7.40. The molecule has 16 heavy (non-hydrogen) atoms. The van der Waals surface area contributed by atoms with Crippen LogP contribution in [0.1, 0.15) is 40.0 Å². The van der Waals surface area contributed by atoms with E-state index >= 15 is 0 Å². The van der Waals surface area contributed by atoms with Gasteiger partial charge < -0.3 is 16.2 Å². The number of nitrogens with two attached hydrogens (primary N) is 1. The predicted molar refractivity (Wildman–Crippen MR) is 61.9 cm³/mol. The van der Waals surface area contributed by atoms with Gasteiger partial charge in [-0.3, -0.25) is 4.79 Å². The standard InChI is InChI=1S/C11H22N2O3/c1-4-5-6-8(12)10(14)13-9(7(2)3)11(15)16/h7-9H,4-6,12H2,1-3H3,(H,13,14)(H,15,16)/t8?,9-/m0/s1. The molecular weight excluding hydrogens is 208 g/mol. The number of carbonyl (C=O) groups is 2. The number of rotatable bonds is 7. The molecule has 94 valence electrons. The van der Waals surface area contributed by atoms with Crippen LogP contribution in [0.4, 0.5) is 0 Å². The summed E-state index contributed by atoms with van der Waals surface area (Å²) in [5, 5.41) is 11.4. The van der Waals surface area contributed by atoms with E-state index in [1.54, 1.807) is 13.8 Å². The number of amides is 1. The minimum atomic E-state index is -1.02. The third kappa shape index (κ3) is 5.11. The van der Waals surface area contributed by atoms with Gasteiger partial charge in [-0.1, -0.05) is 33.6 Å². The molecule has 4 N–H and O–H groups in total. The molecule has 0 rings (SSSR count). The molecule has 0 aromatic heterocycles. The molecule has 0 bridgehead atoms. The van der Waals surface area contributed by atoms with Crippen LogP contribution in [0.25, 0.3) is 0 Å². The summed E-state index contributed by atoms with van der Waals surface area (Å²) < 4.78 is 0. The number of carboxylic acid groups (broad SMARTS) is 1. The Bertz CT molecular complexity index is 241. The molecule has 1 unspecified atom stereocenters. The minimum Gasteiger partial charge on any atom is -0.480 e. The van der Waals surface area contributed by atoms with Crippen molar-refractivity contribution in [3.63, 3.8) is 0 Å². The lowest BCUT2D eigenvalue weighted by Crippen LogP contribution is -2.50. The van der Waals surface area contributed by atoms with Crippen LogP contribution in [-0.4, -0.2) is 29.1 Å². The molecule has 0 saturated heterocycles. The van der Waals surface area contributed by atoms with Crippen LogP contribution >= 0.6 is 0 Å². The predicted octanol–water partition coefficient (Wildman–Crippen LogP) is 0.729. The van der Waals surface area contributed by atoms with Gasteiger partial charge >= 0.3 is 5.97 Å². The molecule has 0 aromatic carbocycles. The van der Waals surface area contributed by atoms with Gasteiger partial charge in [0.15, 0.2) is 0 Å². The third-order valence-corrected chi connectivity index (χ3v) is 2.44. The maximum absolute atomic E-state index is 11.6. The first-order valence-corrected chi connectivity index (χ1v) is 5.68. The Morgan fingerprint density at radius 2 is 1.94 bits per heavy atom. The lowest BCUT2D eigenvalue weighted by molar-refractivity contribution is -0.143. The van der Waals surface area contributed by atoms with E-state index in [4.69, 9.17) is 10.8 Å². The topological polar surface area (TPSA) is 92.4 Å². The second kappa shape index (κ2) is 7.22. The summed E-state index contributed by atoms with van der Waals surface area (Å²) in [5.74, 6) is -1.56. The zero-order chi connectivity index (χ0) is 12.7. The van der Waals surface area contributed by atoms with Gasteiger partial charge in [-0.2, -0.15) is 0 Å². The molecule has 0 aliphatic heterocycles. The van der Waals surface area contributed by atoms with Crippen LogP contribution in [0.3, 0.4) is 0 Å². The fourth-order valence-electron chi connectivity index (χ4n) is 1.33. The molecule has 5 nitrogen and oxygen atoms in total. The van der Waals surface area contributed by atoms with E-state index in [1.165, 1.54) is 0 Å². The van der Waals surface area contributed by atoms with Gasteiger partial charge in [0, 0.05) is 0 Å². The highest BCUT2D eigenvalue weighted by Crippen LogP contribution is 2.04. The van der Waals surface area contributed by atoms with Crippen LogP contribution in [0.15, 0.2) is 0 Å². The highest BCUT2D eigenvalue weighted by Gasteiger charge is 2.25. The average Bonchev–Trinajstić information content (AvgIpc) is 2.20. The first-order valence-electron chi connectivity index (χ1n) is 5.68. The molecule has 0 heterocycles. The fourth-order valence-corrected chi connectivity index (χ4v) is 1.33. The lowest BCUT2D eigenvalue weighted by Gasteiger charge is -2.20. The minimum absolute atomic E-state index is 0.153. The van der Waals surface area contributed by atoms with Crippen LogP contribution in [0.2, 0.25) is 0 Å². The van der Waals surface area contributed by atoms with Crippen molar-refractivity contribution >= 4 is 11.9 Å². The Balaban J connectivity index is 4.24. The number of carbonyl (C=O) groups excluding carboxylic acids is 1. The summed E-state index contributed by atoms with van der Waals surface area (Å²) in [4.78, 5) is 22.4. The SMILES string of the molecule is CCCCC(N)C(=O)N[C@H](C(=O)O)C(C)C. The Morgan fingerprint density at radius 3 is 2.31 bits per heavy atom. The van der Waals surface area contributed by atoms with E-state index in [1.807, 2.05) is 6.92 Å². The quantitative estimate of drug-likeness (QED) is 0.601. The van der Waals surface area contributed by atoms with Crippen molar-refractivity contribution < 1.29 is 14.7 Å². The van der Waals surface area contributed by atoms with Crippen molar-refractivity contribution in [1.29, 1.82) is 0 Å². The van der Waals surface area contributed by atoms with E-state index in [9.17, 15) is 9.59 Å². The molecule has 0 spiro atoms. The lowest BCUT2D eigenvalue weighted by atomic mass is 10.0. The zero-order valence-electron chi connectivity index (χ0n) is 10.2. The number of aliphatic carboxylic acids is 1. The van der Waals surface area contributed by atoms with Crippen molar-refractivity contribution in [2.75, 3.05) is 0 Å². The van der Waals surface area contributed by atoms with E-state index in [2.05, 4.69) is 5.32 Å². The average molecular weight is 230 g/mol. The molecule has 0 fully saturated rings. The number of hydrogen-bond donors (Lipinski definition) is 3. The van der Waals surface area contributed by atoms with Crippen LogP contribution < -0.4 is 11.1 Å². The number of unbranched alkanes of at least 4 members (excludes halogenated alkanes) is 1. The molecule has 0 aromatic rings. The van der Waals surface area contributed by atoms with Crippen LogP contribution in [-0.2, 0) is 9.59 Å². The van der Waals surface area contributed by atoms with E-state index in [-0.39, 0.29) is 11.8 Å². The smallest absolute Gasteiger partial charge is 0.326 e. The number of hydrogen-bond acceptors (Lipinski definition) is 3. The molecule has 1 amide bonds. The van der Waals surface area contributed by atoms with E-state index in [0.29, 0.717) is 6.42 Å². The summed E-state index contributed by atoms with van der Waals surface area (Å²) in [6.07, 6.45) is 2.42. The maximum atomic E-state index is 11.6. The molecule has 0 aliphatic carbocycles. The molecular formula is C11H22N2O3. The second-order valence-electron chi connectivity index (χ2n) is 4.32. The van der Waals surface area contributed by atoms with Crippen molar-refractivity contribution in [3.8, 4) is 0 Å². The summed E-state index contributed by atoms with van der Waals surface area (Å²) >= 11 is 0. The van der Waals surface area contributed by atoms with Gasteiger partial charge in [0.1, 0.15) is 6.04 Å². The summed E-state index contributed by atoms with van der Waals surface area (Å²) in [5.41, 5.74) is 5.65. The summed E-state index contributed by atoms with van der Waals surface area (Å²) in [7, 11) is 0. The Hall–Kier alpha value is -1.10. The van der Waals surface area contributed by atoms with Gasteiger partial charge in [0.05, 0.1) is 6.04 Å². The van der Waals surface area contributed by atoms with Crippen molar-refractivity contribution in [2.24, 2.45) is 11.7 Å². The van der Waals surface area contributed by atoms with Crippen LogP contribution in [0, 0.1) is 5.92 Å². The van der Waals surface area contributed by atoms with E-state index in [0.717, 1.165) is 12.8 Å². The molecule has 0 saturated carbocycles.